The smallest absolute Gasteiger partial charge is 0.255 e. The van der Waals surface area contributed by atoms with Crippen molar-refractivity contribution in [1.82, 2.24) is 10.2 Å². The Kier molecular flexibility index (Phi) is 6.08. The third-order valence-electron chi connectivity index (χ3n) is 4.62. The summed E-state index contributed by atoms with van der Waals surface area (Å²) >= 11 is 0. The van der Waals surface area contributed by atoms with Crippen LogP contribution in [0.25, 0.3) is 0 Å². The fourth-order valence-corrected chi connectivity index (χ4v) is 3.31. The van der Waals surface area contributed by atoms with Gasteiger partial charge in [0.05, 0.1) is 7.11 Å². The predicted octanol–water partition coefficient (Wildman–Crippen LogP) is 2.55. The number of methoxy groups -OCH3 is 2. The van der Waals surface area contributed by atoms with E-state index < -0.39 is 6.04 Å². The van der Waals surface area contributed by atoms with Crippen LogP contribution in [-0.2, 0) is 16.1 Å². The summed E-state index contributed by atoms with van der Waals surface area (Å²) in [6.45, 7) is 1.42. The highest BCUT2D eigenvalue weighted by atomic mass is 16.5. The standard InChI is InChI=1S/C21H24N2O4/c1-26-12-6-11-22-20(24)19-17-9-3-4-10-18(17)21(25)23(19)14-15-7-5-8-16(13-15)27-2/h3-5,7-10,13,19H,6,11-12,14H2,1-2H3,(H,22,24). The third kappa shape index (κ3) is 4.11. The number of amides is 2. The van der Waals surface area contributed by atoms with Crippen molar-refractivity contribution >= 4 is 11.8 Å². The van der Waals surface area contributed by atoms with Crippen molar-refractivity contribution in [2.24, 2.45) is 0 Å². The molecule has 0 spiro atoms. The van der Waals surface area contributed by atoms with Crippen molar-refractivity contribution in [3.05, 3.63) is 65.2 Å². The number of nitrogens with one attached hydrogen (secondary N) is 1. The summed E-state index contributed by atoms with van der Waals surface area (Å²) in [6, 6.07) is 14.2. The zero-order valence-electron chi connectivity index (χ0n) is 15.6. The molecule has 142 valence electrons. The van der Waals surface area contributed by atoms with Crippen molar-refractivity contribution in [3.63, 3.8) is 0 Å². The van der Waals surface area contributed by atoms with Crippen molar-refractivity contribution in [3.8, 4) is 5.75 Å². The van der Waals surface area contributed by atoms with E-state index in [1.54, 1.807) is 25.2 Å². The van der Waals surface area contributed by atoms with E-state index in [0.29, 0.717) is 25.3 Å². The summed E-state index contributed by atoms with van der Waals surface area (Å²) in [6.07, 6.45) is 0.723. The van der Waals surface area contributed by atoms with Gasteiger partial charge in [-0.25, -0.2) is 0 Å². The van der Waals surface area contributed by atoms with Crippen LogP contribution < -0.4 is 10.1 Å². The molecule has 1 aliphatic heterocycles. The second-order valence-corrected chi connectivity index (χ2v) is 6.41. The van der Waals surface area contributed by atoms with Crippen LogP contribution in [0.5, 0.6) is 5.75 Å². The Hall–Kier alpha value is -2.86. The zero-order chi connectivity index (χ0) is 19.2. The normalized spacial score (nSPS) is 15.6. The molecule has 2 aromatic carbocycles. The molecule has 2 amide bonds. The van der Waals surface area contributed by atoms with Gasteiger partial charge in [-0.15, -0.1) is 0 Å². The van der Waals surface area contributed by atoms with Gasteiger partial charge in [0.1, 0.15) is 11.8 Å². The van der Waals surface area contributed by atoms with E-state index in [4.69, 9.17) is 9.47 Å². The van der Waals surface area contributed by atoms with E-state index in [1.165, 1.54) is 0 Å². The summed E-state index contributed by atoms with van der Waals surface area (Å²) in [5, 5.41) is 2.92. The highest BCUT2D eigenvalue weighted by Crippen LogP contribution is 2.35. The second kappa shape index (κ2) is 8.68. The Morgan fingerprint density at radius 1 is 1.15 bits per heavy atom. The van der Waals surface area contributed by atoms with E-state index in [-0.39, 0.29) is 11.8 Å². The third-order valence-corrected chi connectivity index (χ3v) is 4.62. The summed E-state index contributed by atoms with van der Waals surface area (Å²) in [7, 11) is 3.23. The molecule has 0 bridgehead atoms. The molecule has 0 aromatic heterocycles. The molecule has 0 saturated carbocycles. The lowest BCUT2D eigenvalue weighted by Crippen LogP contribution is -2.39. The molecule has 27 heavy (non-hydrogen) atoms. The molecule has 1 unspecified atom stereocenters. The largest absolute Gasteiger partial charge is 0.497 e. The zero-order valence-corrected chi connectivity index (χ0v) is 15.6. The lowest BCUT2D eigenvalue weighted by atomic mass is 10.0. The summed E-state index contributed by atoms with van der Waals surface area (Å²) in [5.41, 5.74) is 2.24. The van der Waals surface area contributed by atoms with Gasteiger partial charge in [0, 0.05) is 32.4 Å². The van der Waals surface area contributed by atoms with Gasteiger partial charge >= 0.3 is 0 Å². The minimum atomic E-state index is -0.637. The SMILES string of the molecule is COCCCNC(=O)C1c2ccccc2C(=O)N1Cc1cccc(OC)c1. The molecular formula is C21H24N2O4. The number of benzene rings is 2. The highest BCUT2D eigenvalue weighted by molar-refractivity contribution is 6.04. The van der Waals surface area contributed by atoms with Crippen LogP contribution in [0.15, 0.2) is 48.5 Å². The number of carbonyl (C=O) groups excluding carboxylic acids is 2. The van der Waals surface area contributed by atoms with Gasteiger partial charge in [-0.3, -0.25) is 9.59 Å². The first kappa shape index (κ1) is 18.9. The molecule has 6 heteroatoms. The minimum absolute atomic E-state index is 0.134. The molecule has 0 radical (unpaired) electrons. The van der Waals surface area contributed by atoms with Crippen molar-refractivity contribution in [2.45, 2.75) is 19.0 Å². The fraction of sp³-hybridized carbons (Fsp3) is 0.333. The summed E-state index contributed by atoms with van der Waals surface area (Å²) < 4.78 is 10.3. The average Bonchev–Trinajstić information content (AvgIpc) is 2.97. The number of rotatable bonds is 8. The topological polar surface area (TPSA) is 67.9 Å². The molecule has 0 fully saturated rings. The molecule has 6 nitrogen and oxygen atoms in total. The van der Waals surface area contributed by atoms with E-state index in [2.05, 4.69) is 5.32 Å². The molecule has 0 saturated heterocycles. The monoisotopic (exact) mass is 368 g/mol. The molecule has 1 atom stereocenters. The predicted molar refractivity (Wildman–Crippen MR) is 102 cm³/mol. The minimum Gasteiger partial charge on any atom is -0.497 e. The number of hydrogen-bond donors (Lipinski definition) is 1. The maximum absolute atomic E-state index is 12.9. The molecular weight excluding hydrogens is 344 g/mol. The molecule has 1 aliphatic rings. The van der Waals surface area contributed by atoms with Crippen LogP contribution in [0.1, 0.15) is 33.9 Å². The van der Waals surface area contributed by atoms with E-state index in [9.17, 15) is 9.59 Å². The van der Waals surface area contributed by atoms with Gasteiger partial charge in [-0.1, -0.05) is 30.3 Å². The summed E-state index contributed by atoms with van der Waals surface area (Å²) in [4.78, 5) is 27.4. The van der Waals surface area contributed by atoms with Gasteiger partial charge in [0.2, 0.25) is 5.91 Å². The molecule has 3 rings (SSSR count). The van der Waals surface area contributed by atoms with Crippen LogP contribution in [0, 0.1) is 0 Å². The average molecular weight is 368 g/mol. The van der Waals surface area contributed by atoms with Crippen LogP contribution in [0.3, 0.4) is 0 Å². The highest BCUT2D eigenvalue weighted by Gasteiger charge is 2.40. The van der Waals surface area contributed by atoms with Gasteiger partial charge in [-0.05, 0) is 35.7 Å². The quantitative estimate of drug-likeness (QED) is 0.727. The Morgan fingerprint density at radius 2 is 1.96 bits per heavy atom. The van der Waals surface area contributed by atoms with Crippen LogP contribution in [0.4, 0.5) is 0 Å². The Labute approximate surface area is 159 Å². The first-order valence-electron chi connectivity index (χ1n) is 8.95. The van der Waals surface area contributed by atoms with Crippen molar-refractivity contribution < 1.29 is 19.1 Å². The van der Waals surface area contributed by atoms with Crippen LogP contribution in [-0.4, -0.2) is 44.1 Å². The van der Waals surface area contributed by atoms with Gasteiger partial charge in [0.15, 0.2) is 0 Å². The molecule has 2 aromatic rings. The van der Waals surface area contributed by atoms with Gasteiger partial charge < -0.3 is 19.7 Å². The second-order valence-electron chi connectivity index (χ2n) is 6.41. The van der Waals surface area contributed by atoms with E-state index in [0.717, 1.165) is 23.3 Å². The maximum atomic E-state index is 12.9. The van der Waals surface area contributed by atoms with Gasteiger partial charge in [-0.2, -0.15) is 0 Å². The van der Waals surface area contributed by atoms with Crippen molar-refractivity contribution in [2.75, 3.05) is 27.4 Å². The number of ether oxygens (including phenoxy) is 2. The molecule has 1 N–H and O–H groups in total. The van der Waals surface area contributed by atoms with E-state index >= 15 is 0 Å². The Bertz CT molecular complexity index is 821. The van der Waals surface area contributed by atoms with E-state index in [1.807, 2.05) is 42.5 Å². The Balaban J connectivity index is 1.83. The lowest BCUT2D eigenvalue weighted by molar-refractivity contribution is -0.125. The van der Waals surface area contributed by atoms with Crippen LogP contribution in [0.2, 0.25) is 0 Å². The fourth-order valence-electron chi connectivity index (χ4n) is 3.31. The lowest BCUT2D eigenvalue weighted by Gasteiger charge is -2.25. The maximum Gasteiger partial charge on any atom is 0.255 e. The molecule has 1 heterocycles. The number of nitrogens with zero attached hydrogens (tertiary/aromatic N) is 1. The number of carbonyl (C=O) groups is 2. The van der Waals surface area contributed by atoms with Gasteiger partial charge in [0.25, 0.3) is 5.91 Å². The number of hydrogen-bond acceptors (Lipinski definition) is 4. The van der Waals surface area contributed by atoms with Crippen molar-refractivity contribution in [1.29, 1.82) is 0 Å². The first-order valence-corrected chi connectivity index (χ1v) is 8.95. The number of fused-ring (bicyclic) bond motifs is 1. The Morgan fingerprint density at radius 3 is 2.74 bits per heavy atom. The first-order chi connectivity index (χ1) is 13.2. The molecule has 0 aliphatic carbocycles. The summed E-state index contributed by atoms with van der Waals surface area (Å²) in [5.74, 6) is 0.412. The van der Waals surface area contributed by atoms with Crippen LogP contribution >= 0.6 is 0 Å².